The lowest BCUT2D eigenvalue weighted by Crippen LogP contribution is -2.52. The zero-order valence-electron chi connectivity index (χ0n) is 22.7. The molecule has 0 saturated heterocycles. The summed E-state index contributed by atoms with van der Waals surface area (Å²) in [6.45, 7) is 2.12. The topological polar surface area (TPSA) is 70.7 Å². The lowest BCUT2D eigenvalue weighted by molar-refractivity contribution is -0.128. The van der Waals surface area contributed by atoms with Crippen molar-refractivity contribution in [3.63, 3.8) is 0 Å². The van der Waals surface area contributed by atoms with Crippen LogP contribution < -0.4 is 20.3 Å². The number of likely N-dealkylation sites (N-methyl/N-ethyl adjacent to an activating group) is 1. The maximum atomic E-state index is 14.0. The first-order valence-corrected chi connectivity index (χ1v) is 13.5. The van der Waals surface area contributed by atoms with Crippen molar-refractivity contribution in [2.75, 3.05) is 19.1 Å². The second-order valence-electron chi connectivity index (χ2n) is 10.1. The number of carbonyl (C=O) groups is 2. The van der Waals surface area contributed by atoms with Crippen molar-refractivity contribution in [3.05, 3.63) is 107 Å². The third-order valence-corrected chi connectivity index (χ3v) is 7.63. The van der Waals surface area contributed by atoms with Gasteiger partial charge in [0, 0.05) is 11.3 Å². The number of amides is 2. The van der Waals surface area contributed by atoms with Gasteiger partial charge in [0.2, 0.25) is 11.8 Å². The number of aryl methyl sites for hydroxylation is 1. The normalized spacial score (nSPS) is 15.9. The van der Waals surface area contributed by atoms with Crippen molar-refractivity contribution in [2.45, 2.75) is 44.8 Å². The quantitative estimate of drug-likeness (QED) is 0.342. The molecule has 0 fully saturated rings. The fourth-order valence-electron chi connectivity index (χ4n) is 5.32. The minimum absolute atomic E-state index is 0.114. The van der Waals surface area contributed by atoms with Crippen LogP contribution in [-0.2, 0) is 29.0 Å². The standard InChI is InChI=1S/C33H35N3O3/c1-22(34-2)32(37)35-29-17-14-25-11-7-8-12-30(25)36(33(29)38)21-28-27-16-13-24(19-23-9-5-4-6-10-23)20-26(27)15-18-31(28)39-3/h4-13,15-16,18,20,22,29,34H,14,17,19,21H2,1-3H3,(H,35,37). The van der Waals surface area contributed by atoms with E-state index in [1.807, 2.05) is 35.2 Å². The summed E-state index contributed by atoms with van der Waals surface area (Å²) in [7, 11) is 3.40. The summed E-state index contributed by atoms with van der Waals surface area (Å²) in [5.41, 5.74) is 5.40. The van der Waals surface area contributed by atoms with Gasteiger partial charge in [-0.15, -0.1) is 0 Å². The van der Waals surface area contributed by atoms with E-state index in [2.05, 4.69) is 65.2 Å². The number of hydrogen-bond acceptors (Lipinski definition) is 4. The molecule has 1 heterocycles. The lowest BCUT2D eigenvalue weighted by atomic mass is 9.97. The van der Waals surface area contributed by atoms with Crippen molar-refractivity contribution < 1.29 is 14.3 Å². The number of anilines is 1. The first kappa shape index (κ1) is 26.4. The van der Waals surface area contributed by atoms with Crippen LogP contribution in [0.1, 0.15) is 35.6 Å². The fourth-order valence-corrected chi connectivity index (χ4v) is 5.32. The van der Waals surface area contributed by atoms with E-state index in [4.69, 9.17) is 4.74 Å². The number of carbonyl (C=O) groups excluding carboxylic acids is 2. The summed E-state index contributed by atoms with van der Waals surface area (Å²) < 4.78 is 5.80. The Kier molecular flexibility index (Phi) is 7.94. The highest BCUT2D eigenvalue weighted by molar-refractivity contribution is 6.01. The van der Waals surface area contributed by atoms with Gasteiger partial charge in [-0.1, -0.05) is 72.8 Å². The Balaban J connectivity index is 1.52. The van der Waals surface area contributed by atoms with Gasteiger partial charge >= 0.3 is 0 Å². The Bertz CT molecular complexity index is 1480. The van der Waals surface area contributed by atoms with Gasteiger partial charge in [-0.3, -0.25) is 9.59 Å². The molecule has 0 spiro atoms. The van der Waals surface area contributed by atoms with Crippen LogP contribution in [0.25, 0.3) is 10.8 Å². The maximum absolute atomic E-state index is 14.0. The summed E-state index contributed by atoms with van der Waals surface area (Å²) >= 11 is 0. The molecule has 4 aromatic carbocycles. The minimum Gasteiger partial charge on any atom is -0.496 e. The van der Waals surface area contributed by atoms with Gasteiger partial charge in [-0.2, -0.15) is 0 Å². The van der Waals surface area contributed by atoms with Crippen LogP contribution >= 0.6 is 0 Å². The van der Waals surface area contributed by atoms with E-state index in [-0.39, 0.29) is 17.9 Å². The number of hydrogen-bond donors (Lipinski definition) is 2. The number of benzene rings is 4. The Labute approximate surface area is 230 Å². The van der Waals surface area contributed by atoms with E-state index in [1.165, 1.54) is 11.1 Å². The summed E-state index contributed by atoms with van der Waals surface area (Å²) in [4.78, 5) is 28.5. The molecule has 200 valence electrons. The van der Waals surface area contributed by atoms with E-state index in [1.54, 1.807) is 21.1 Å². The highest BCUT2D eigenvalue weighted by Crippen LogP contribution is 2.34. The molecule has 0 aromatic heterocycles. The maximum Gasteiger partial charge on any atom is 0.249 e. The second-order valence-corrected chi connectivity index (χ2v) is 10.1. The van der Waals surface area contributed by atoms with Gasteiger partial charge in [-0.25, -0.2) is 0 Å². The van der Waals surface area contributed by atoms with Gasteiger partial charge in [-0.05, 0) is 72.8 Å². The first-order valence-electron chi connectivity index (χ1n) is 13.5. The third-order valence-electron chi connectivity index (χ3n) is 7.63. The number of ether oxygens (including phenoxy) is 1. The molecule has 2 atom stereocenters. The Morgan fingerprint density at radius 2 is 1.77 bits per heavy atom. The fraction of sp³-hybridized carbons (Fsp3) is 0.273. The molecule has 39 heavy (non-hydrogen) atoms. The number of nitrogens with zero attached hydrogens (tertiary/aromatic N) is 1. The van der Waals surface area contributed by atoms with Crippen molar-refractivity contribution in [1.29, 1.82) is 0 Å². The number of rotatable bonds is 8. The van der Waals surface area contributed by atoms with Crippen LogP contribution in [0.4, 0.5) is 5.69 Å². The molecule has 2 amide bonds. The average molecular weight is 522 g/mol. The molecular formula is C33H35N3O3. The molecule has 6 heteroatoms. The van der Waals surface area contributed by atoms with E-state index < -0.39 is 6.04 Å². The summed E-state index contributed by atoms with van der Waals surface area (Å²) in [6.07, 6.45) is 2.10. The summed E-state index contributed by atoms with van der Waals surface area (Å²) in [6, 6.07) is 28.0. The Morgan fingerprint density at radius 3 is 2.54 bits per heavy atom. The monoisotopic (exact) mass is 521 g/mol. The van der Waals surface area contributed by atoms with E-state index >= 15 is 0 Å². The van der Waals surface area contributed by atoms with Crippen molar-refractivity contribution in [3.8, 4) is 5.75 Å². The van der Waals surface area contributed by atoms with E-state index in [0.29, 0.717) is 19.4 Å². The van der Waals surface area contributed by atoms with Crippen LogP contribution in [0.3, 0.4) is 0 Å². The van der Waals surface area contributed by atoms with Crippen LogP contribution in [-0.4, -0.2) is 38.1 Å². The Morgan fingerprint density at radius 1 is 1.00 bits per heavy atom. The molecule has 5 rings (SSSR count). The molecule has 2 N–H and O–H groups in total. The predicted octanol–water partition coefficient (Wildman–Crippen LogP) is 5.01. The molecule has 0 bridgehead atoms. The van der Waals surface area contributed by atoms with Crippen molar-refractivity contribution in [2.24, 2.45) is 0 Å². The molecule has 1 aliphatic rings. The molecule has 0 saturated carbocycles. The molecule has 2 unspecified atom stereocenters. The number of nitrogens with one attached hydrogen (secondary N) is 2. The van der Waals surface area contributed by atoms with Gasteiger partial charge in [0.15, 0.2) is 0 Å². The number of fused-ring (bicyclic) bond motifs is 2. The molecule has 4 aromatic rings. The highest BCUT2D eigenvalue weighted by Gasteiger charge is 2.33. The van der Waals surface area contributed by atoms with Gasteiger partial charge in [0.25, 0.3) is 0 Å². The largest absolute Gasteiger partial charge is 0.496 e. The minimum atomic E-state index is -0.612. The second kappa shape index (κ2) is 11.7. The molecular weight excluding hydrogens is 486 g/mol. The molecule has 6 nitrogen and oxygen atoms in total. The zero-order chi connectivity index (χ0) is 27.4. The van der Waals surface area contributed by atoms with Gasteiger partial charge < -0.3 is 20.3 Å². The molecule has 0 aliphatic carbocycles. The SMILES string of the molecule is CNC(C)C(=O)NC1CCc2ccccc2N(Cc2c(OC)ccc3cc(Cc4ccccc4)ccc23)C1=O. The molecule has 0 radical (unpaired) electrons. The van der Waals surface area contributed by atoms with E-state index in [0.717, 1.165) is 39.8 Å². The summed E-state index contributed by atoms with van der Waals surface area (Å²) in [5, 5.41) is 8.08. The lowest BCUT2D eigenvalue weighted by Gasteiger charge is -2.28. The third kappa shape index (κ3) is 5.66. The average Bonchev–Trinajstić information content (AvgIpc) is 3.09. The van der Waals surface area contributed by atoms with E-state index in [9.17, 15) is 9.59 Å². The van der Waals surface area contributed by atoms with Crippen LogP contribution in [0, 0.1) is 0 Å². The van der Waals surface area contributed by atoms with Crippen LogP contribution in [0.15, 0.2) is 84.9 Å². The highest BCUT2D eigenvalue weighted by atomic mass is 16.5. The van der Waals surface area contributed by atoms with Crippen molar-refractivity contribution >= 4 is 28.3 Å². The number of para-hydroxylation sites is 1. The van der Waals surface area contributed by atoms with Gasteiger partial charge in [0.05, 0.1) is 19.7 Å². The van der Waals surface area contributed by atoms with Gasteiger partial charge in [0.1, 0.15) is 11.8 Å². The zero-order valence-corrected chi connectivity index (χ0v) is 22.7. The predicted molar refractivity (Wildman–Crippen MR) is 156 cm³/mol. The Hall–Kier alpha value is -4.16. The van der Waals surface area contributed by atoms with Crippen molar-refractivity contribution in [1.82, 2.24) is 10.6 Å². The number of methoxy groups -OCH3 is 1. The molecule has 1 aliphatic heterocycles. The smallest absolute Gasteiger partial charge is 0.249 e. The van der Waals surface area contributed by atoms with Crippen LogP contribution in [0.5, 0.6) is 5.75 Å². The van der Waals surface area contributed by atoms with Crippen LogP contribution in [0.2, 0.25) is 0 Å². The summed E-state index contributed by atoms with van der Waals surface area (Å²) in [5.74, 6) is 0.434. The first-order chi connectivity index (χ1) is 19.0.